The molecule has 3 aromatic rings. The molecule has 3 heterocycles. The van der Waals surface area contributed by atoms with Crippen LogP contribution in [0.25, 0.3) is 0 Å². The fourth-order valence-electron chi connectivity index (χ4n) is 3.98. The third-order valence-corrected chi connectivity index (χ3v) is 6.43. The van der Waals surface area contributed by atoms with E-state index >= 15 is 0 Å². The standard InChI is InChI=1S/3C11H13NO2.Fe/c3*1-8(13)11(9(2)14)6-10-4-3-5-12-7-10;/h3*3-5,7,11H,6H2,1-2H3;/q;;;+3. The minimum Gasteiger partial charge on any atom is -0.299 e. The molecule has 3 aromatic heterocycles. The van der Waals surface area contributed by atoms with E-state index in [0.717, 1.165) is 16.7 Å². The first kappa shape index (κ1) is 39.0. The van der Waals surface area contributed by atoms with Crippen LogP contribution >= 0.6 is 0 Å². The normalized spacial score (nSPS) is 9.98. The summed E-state index contributed by atoms with van der Waals surface area (Å²) >= 11 is 0. The van der Waals surface area contributed by atoms with Crippen LogP contribution in [0.3, 0.4) is 0 Å². The molecule has 0 aliphatic heterocycles. The zero-order valence-electron chi connectivity index (χ0n) is 25.4. The summed E-state index contributed by atoms with van der Waals surface area (Å²) in [7, 11) is 0. The second-order valence-corrected chi connectivity index (χ2v) is 10.0. The molecule has 0 fully saturated rings. The second kappa shape index (κ2) is 20.8. The summed E-state index contributed by atoms with van der Waals surface area (Å²) in [5, 5.41) is 0. The van der Waals surface area contributed by atoms with Crippen molar-refractivity contribution in [1.29, 1.82) is 0 Å². The van der Waals surface area contributed by atoms with Gasteiger partial charge in [0, 0.05) is 37.2 Å². The molecule has 0 unspecified atom stereocenters. The van der Waals surface area contributed by atoms with Gasteiger partial charge in [-0.2, -0.15) is 0 Å². The number of pyridine rings is 3. The molecule has 0 amide bonds. The molecular weight excluding hydrogens is 590 g/mol. The minimum atomic E-state index is -0.515. The quantitative estimate of drug-likeness (QED) is 0.212. The molecule has 0 aliphatic rings. The van der Waals surface area contributed by atoms with E-state index in [4.69, 9.17) is 0 Å². The van der Waals surface area contributed by atoms with E-state index < -0.39 is 17.8 Å². The van der Waals surface area contributed by atoms with E-state index in [1.54, 1.807) is 55.4 Å². The summed E-state index contributed by atoms with van der Waals surface area (Å²) in [5.74, 6) is -2.04. The molecule has 0 atom stereocenters. The molecule has 0 saturated carbocycles. The number of hydrogen-bond acceptors (Lipinski definition) is 9. The number of carbonyl (C=O) groups excluding carboxylic acids is 6. The summed E-state index contributed by atoms with van der Waals surface area (Å²) in [6.45, 7) is 8.68. The van der Waals surface area contributed by atoms with Gasteiger partial charge < -0.3 is 0 Å². The Balaban J connectivity index is 0.000000608. The van der Waals surface area contributed by atoms with Crippen molar-refractivity contribution in [3.63, 3.8) is 0 Å². The van der Waals surface area contributed by atoms with E-state index in [-0.39, 0.29) is 51.8 Å². The molecule has 227 valence electrons. The van der Waals surface area contributed by atoms with Gasteiger partial charge in [-0.15, -0.1) is 0 Å². The molecule has 1 radical (unpaired) electrons. The molecule has 0 bridgehead atoms. The predicted octanol–water partition coefficient (Wildman–Crippen LogP) is 4.25. The maximum Gasteiger partial charge on any atom is 3.00 e. The minimum absolute atomic E-state index is 0. The zero-order chi connectivity index (χ0) is 31.7. The maximum atomic E-state index is 11.1. The van der Waals surface area contributed by atoms with Crippen LogP contribution in [0.1, 0.15) is 58.2 Å². The van der Waals surface area contributed by atoms with Crippen LogP contribution in [0, 0.1) is 17.8 Å². The Kier molecular flexibility index (Phi) is 18.9. The van der Waals surface area contributed by atoms with Gasteiger partial charge in [0.2, 0.25) is 0 Å². The SMILES string of the molecule is CC(=O)C(Cc1cccnc1)C(C)=O.CC(=O)C(Cc1cccnc1)C(C)=O.CC(=O)C(Cc1cccnc1)C(C)=O.[Fe+3]. The maximum absolute atomic E-state index is 11.1. The van der Waals surface area contributed by atoms with Crippen molar-refractivity contribution in [3.8, 4) is 0 Å². The fourth-order valence-corrected chi connectivity index (χ4v) is 3.98. The van der Waals surface area contributed by atoms with Crippen LogP contribution in [-0.2, 0) is 65.1 Å². The zero-order valence-corrected chi connectivity index (χ0v) is 26.5. The van der Waals surface area contributed by atoms with Crippen LogP contribution in [0.2, 0.25) is 0 Å². The van der Waals surface area contributed by atoms with Gasteiger partial charge in [-0.3, -0.25) is 43.7 Å². The van der Waals surface area contributed by atoms with Gasteiger partial charge in [-0.05, 0) is 95.7 Å². The van der Waals surface area contributed by atoms with Crippen molar-refractivity contribution >= 4 is 34.7 Å². The molecule has 43 heavy (non-hydrogen) atoms. The van der Waals surface area contributed by atoms with Crippen LogP contribution in [0.4, 0.5) is 0 Å². The van der Waals surface area contributed by atoms with E-state index in [1.165, 1.54) is 41.5 Å². The number of rotatable bonds is 12. The molecule has 10 heteroatoms. The van der Waals surface area contributed by atoms with Gasteiger partial charge in [0.15, 0.2) is 0 Å². The van der Waals surface area contributed by atoms with Crippen molar-refractivity contribution in [3.05, 3.63) is 90.3 Å². The van der Waals surface area contributed by atoms with E-state index in [0.29, 0.717) is 19.3 Å². The van der Waals surface area contributed by atoms with Crippen molar-refractivity contribution < 1.29 is 45.8 Å². The van der Waals surface area contributed by atoms with Crippen molar-refractivity contribution in [2.45, 2.75) is 60.8 Å². The summed E-state index contributed by atoms with van der Waals surface area (Å²) in [6.07, 6.45) is 11.4. The number of carbonyl (C=O) groups is 6. The Labute approximate surface area is 263 Å². The molecule has 0 aliphatic carbocycles. The van der Waals surface area contributed by atoms with Gasteiger partial charge in [-0.25, -0.2) is 0 Å². The molecule has 0 spiro atoms. The van der Waals surface area contributed by atoms with Crippen molar-refractivity contribution in [2.75, 3.05) is 0 Å². The number of ketones is 6. The van der Waals surface area contributed by atoms with Crippen molar-refractivity contribution in [2.24, 2.45) is 17.8 Å². The largest absolute Gasteiger partial charge is 3.00 e. The Morgan fingerprint density at radius 3 is 0.814 bits per heavy atom. The summed E-state index contributed by atoms with van der Waals surface area (Å²) < 4.78 is 0. The van der Waals surface area contributed by atoms with E-state index in [2.05, 4.69) is 15.0 Å². The molecule has 0 aromatic carbocycles. The first-order valence-corrected chi connectivity index (χ1v) is 13.5. The van der Waals surface area contributed by atoms with Gasteiger partial charge >= 0.3 is 17.1 Å². The number of hydrogen-bond donors (Lipinski definition) is 0. The number of aromatic nitrogens is 3. The summed E-state index contributed by atoms with van der Waals surface area (Å²) in [6, 6.07) is 11.0. The van der Waals surface area contributed by atoms with Crippen LogP contribution in [0.15, 0.2) is 73.6 Å². The average Bonchev–Trinajstić information content (AvgIpc) is 2.94. The third-order valence-electron chi connectivity index (χ3n) is 6.43. The third kappa shape index (κ3) is 15.7. The first-order valence-electron chi connectivity index (χ1n) is 13.5. The molecular formula is C33H39FeN3O6+3. The molecule has 9 nitrogen and oxygen atoms in total. The van der Waals surface area contributed by atoms with Crippen molar-refractivity contribution in [1.82, 2.24) is 15.0 Å². The monoisotopic (exact) mass is 629 g/mol. The Bertz CT molecular complexity index is 1130. The second-order valence-electron chi connectivity index (χ2n) is 10.0. The first-order chi connectivity index (χ1) is 19.8. The van der Waals surface area contributed by atoms with Gasteiger partial charge in [0.05, 0.1) is 17.8 Å². The van der Waals surface area contributed by atoms with Gasteiger partial charge in [0.25, 0.3) is 0 Å². The fraction of sp³-hybridized carbons (Fsp3) is 0.364. The Morgan fingerprint density at radius 2 is 0.674 bits per heavy atom. The number of nitrogens with zero attached hydrogens (tertiary/aromatic N) is 3. The Hall–Kier alpha value is -4.01. The topological polar surface area (TPSA) is 141 Å². The average molecular weight is 630 g/mol. The van der Waals surface area contributed by atoms with E-state index in [9.17, 15) is 28.8 Å². The van der Waals surface area contributed by atoms with Gasteiger partial charge in [0.1, 0.15) is 34.7 Å². The van der Waals surface area contributed by atoms with Crippen LogP contribution < -0.4 is 0 Å². The van der Waals surface area contributed by atoms with Crippen LogP contribution in [-0.4, -0.2) is 49.7 Å². The molecule has 0 N–H and O–H groups in total. The summed E-state index contributed by atoms with van der Waals surface area (Å²) in [4.78, 5) is 78.7. The smallest absolute Gasteiger partial charge is 0.299 e. The Morgan fingerprint density at radius 1 is 0.465 bits per heavy atom. The van der Waals surface area contributed by atoms with E-state index in [1.807, 2.05) is 18.2 Å². The molecule has 0 saturated heterocycles. The summed E-state index contributed by atoms with van der Waals surface area (Å²) in [5.41, 5.74) is 2.76. The molecule has 3 rings (SSSR count). The van der Waals surface area contributed by atoms with Crippen LogP contribution in [0.5, 0.6) is 0 Å². The van der Waals surface area contributed by atoms with Gasteiger partial charge in [-0.1, -0.05) is 18.2 Å². The predicted molar refractivity (Wildman–Crippen MR) is 158 cm³/mol. The number of Topliss-reactive ketones (excluding diaryl/α,β-unsaturated/α-hetero) is 6.